The number of methoxy groups -OCH3 is 1. The molecule has 0 spiro atoms. The number of benzene rings is 1. The number of likely N-dealkylation sites (tertiary alicyclic amines) is 1. The zero-order valence-corrected chi connectivity index (χ0v) is 15.1. The molecule has 1 saturated heterocycles. The van der Waals surface area contributed by atoms with Crippen LogP contribution in [0.4, 0.5) is 0 Å². The van der Waals surface area contributed by atoms with Crippen molar-refractivity contribution in [3.05, 3.63) is 45.9 Å². The summed E-state index contributed by atoms with van der Waals surface area (Å²) in [5.74, 6) is 0.894. The first-order valence-electron chi connectivity index (χ1n) is 8.62. The van der Waals surface area contributed by atoms with Crippen molar-refractivity contribution in [3.8, 4) is 5.75 Å². The first kappa shape index (κ1) is 17.0. The molecule has 24 heavy (non-hydrogen) atoms. The highest BCUT2D eigenvalue weighted by Gasteiger charge is 2.30. The maximum Gasteiger partial charge on any atom is 0.273 e. The number of ether oxygens (including phenoxy) is 1. The van der Waals surface area contributed by atoms with E-state index < -0.39 is 0 Å². The maximum absolute atomic E-state index is 13.0. The topological polar surface area (TPSA) is 42.4 Å². The monoisotopic (exact) mass is 344 g/mol. The number of aromatic nitrogens is 1. The Labute approximate surface area is 147 Å². The number of nitrogens with zero attached hydrogens (tertiary/aromatic N) is 2. The van der Waals surface area contributed by atoms with Gasteiger partial charge < -0.3 is 9.64 Å². The first-order valence-corrected chi connectivity index (χ1v) is 9.50. The van der Waals surface area contributed by atoms with Crippen molar-refractivity contribution < 1.29 is 9.53 Å². The lowest BCUT2D eigenvalue weighted by molar-refractivity contribution is 0.0605. The Hall–Kier alpha value is -1.88. The van der Waals surface area contributed by atoms with Crippen molar-refractivity contribution in [2.45, 2.75) is 45.1 Å². The summed E-state index contributed by atoms with van der Waals surface area (Å²) in [5.41, 5.74) is 1.74. The fourth-order valence-corrected chi connectivity index (χ4v) is 4.13. The predicted molar refractivity (Wildman–Crippen MR) is 96.7 cm³/mol. The lowest BCUT2D eigenvalue weighted by Gasteiger charge is -2.35. The van der Waals surface area contributed by atoms with E-state index in [9.17, 15) is 4.79 Å². The van der Waals surface area contributed by atoms with Crippen LogP contribution >= 0.6 is 11.3 Å². The molecule has 2 heterocycles. The summed E-state index contributed by atoms with van der Waals surface area (Å²) < 4.78 is 5.34. The second kappa shape index (κ2) is 7.79. The van der Waals surface area contributed by atoms with Crippen LogP contribution in [0.3, 0.4) is 0 Å². The fraction of sp³-hybridized carbons (Fsp3) is 0.474. The highest BCUT2D eigenvalue weighted by Crippen LogP contribution is 2.33. The molecule has 0 bridgehead atoms. The average molecular weight is 344 g/mol. The number of amides is 1. The lowest BCUT2D eigenvalue weighted by atomic mass is 9.94. The van der Waals surface area contributed by atoms with Gasteiger partial charge in [0.25, 0.3) is 5.91 Å². The number of hydrogen-bond acceptors (Lipinski definition) is 4. The van der Waals surface area contributed by atoms with Crippen LogP contribution in [0.5, 0.6) is 5.75 Å². The van der Waals surface area contributed by atoms with Gasteiger partial charge in [-0.1, -0.05) is 19.1 Å². The first-order chi connectivity index (χ1) is 11.7. The molecule has 1 aliphatic rings. The van der Waals surface area contributed by atoms with Crippen molar-refractivity contribution in [1.29, 1.82) is 0 Å². The molecule has 4 nitrogen and oxygen atoms in total. The van der Waals surface area contributed by atoms with Crippen molar-refractivity contribution in [1.82, 2.24) is 9.88 Å². The third-order valence-electron chi connectivity index (χ3n) is 4.48. The van der Waals surface area contributed by atoms with Gasteiger partial charge in [-0.3, -0.25) is 4.79 Å². The van der Waals surface area contributed by atoms with Gasteiger partial charge in [0.05, 0.1) is 18.2 Å². The summed E-state index contributed by atoms with van der Waals surface area (Å²) in [6, 6.07) is 8.17. The summed E-state index contributed by atoms with van der Waals surface area (Å²) in [7, 11) is 1.67. The van der Waals surface area contributed by atoms with Crippen molar-refractivity contribution >= 4 is 17.2 Å². The summed E-state index contributed by atoms with van der Waals surface area (Å²) in [6.07, 6.45) is 5.18. The minimum atomic E-state index is 0.0566. The van der Waals surface area contributed by atoms with E-state index in [1.807, 2.05) is 28.5 Å². The number of aryl methyl sites for hydroxylation is 1. The number of rotatable bonds is 5. The van der Waals surface area contributed by atoms with E-state index in [0.717, 1.165) is 55.0 Å². The van der Waals surface area contributed by atoms with Crippen LogP contribution < -0.4 is 4.74 Å². The van der Waals surface area contributed by atoms with Crippen molar-refractivity contribution in [3.63, 3.8) is 0 Å². The predicted octanol–water partition coefficient (Wildman–Crippen LogP) is 4.47. The molecule has 1 atom stereocenters. The minimum Gasteiger partial charge on any atom is -0.497 e. The molecule has 0 aliphatic carbocycles. The van der Waals surface area contributed by atoms with E-state index in [2.05, 4.69) is 18.0 Å². The smallest absolute Gasteiger partial charge is 0.273 e. The molecule has 1 unspecified atom stereocenters. The Bertz CT molecular complexity index is 698. The summed E-state index contributed by atoms with van der Waals surface area (Å²) in [4.78, 5) is 19.5. The minimum absolute atomic E-state index is 0.0566. The number of hydrogen-bond donors (Lipinski definition) is 0. The van der Waals surface area contributed by atoms with E-state index in [-0.39, 0.29) is 11.9 Å². The molecule has 1 aromatic heterocycles. The van der Waals surface area contributed by atoms with Gasteiger partial charge >= 0.3 is 0 Å². The van der Waals surface area contributed by atoms with Gasteiger partial charge in [-0.15, -0.1) is 11.3 Å². The largest absolute Gasteiger partial charge is 0.497 e. The molecule has 1 amide bonds. The molecule has 0 saturated carbocycles. The number of thiazole rings is 1. The second-order valence-corrected chi connectivity index (χ2v) is 7.11. The summed E-state index contributed by atoms with van der Waals surface area (Å²) >= 11 is 1.59. The standard InChI is InChI=1S/C19H24N2O2S/c1-3-7-18-20-16(13-24-18)19(22)21-11-5-4-10-17(21)14-8-6-9-15(12-14)23-2/h6,8-9,12-13,17H,3-5,7,10-11H2,1-2H3. The SMILES string of the molecule is CCCc1nc(C(=O)N2CCCCC2c2cccc(OC)c2)cs1. The molecular weight excluding hydrogens is 320 g/mol. The van der Waals surface area contributed by atoms with E-state index in [1.165, 1.54) is 0 Å². The maximum atomic E-state index is 13.0. The number of carbonyl (C=O) groups excluding carboxylic acids is 1. The Kier molecular flexibility index (Phi) is 5.51. The number of piperidine rings is 1. The van der Waals surface area contributed by atoms with Crippen LogP contribution in [-0.2, 0) is 6.42 Å². The zero-order valence-electron chi connectivity index (χ0n) is 14.3. The van der Waals surface area contributed by atoms with E-state index in [0.29, 0.717) is 5.69 Å². The highest BCUT2D eigenvalue weighted by molar-refractivity contribution is 7.09. The van der Waals surface area contributed by atoms with E-state index in [4.69, 9.17) is 4.74 Å². The summed E-state index contributed by atoms with van der Waals surface area (Å²) in [6.45, 7) is 2.92. The third-order valence-corrected chi connectivity index (χ3v) is 5.39. The quantitative estimate of drug-likeness (QED) is 0.803. The average Bonchev–Trinajstić information content (AvgIpc) is 3.10. The van der Waals surface area contributed by atoms with Gasteiger partial charge in [0.15, 0.2) is 0 Å². The lowest BCUT2D eigenvalue weighted by Crippen LogP contribution is -2.38. The fourth-order valence-electron chi connectivity index (χ4n) is 3.25. The molecule has 0 N–H and O–H groups in total. The molecule has 5 heteroatoms. The molecule has 2 aromatic rings. The van der Waals surface area contributed by atoms with Crippen LogP contribution in [0.1, 0.15) is 59.7 Å². The van der Waals surface area contributed by atoms with Crippen LogP contribution in [0.2, 0.25) is 0 Å². The normalized spacial score (nSPS) is 17.8. The van der Waals surface area contributed by atoms with Crippen LogP contribution in [0.15, 0.2) is 29.6 Å². The molecule has 128 valence electrons. The molecule has 1 aliphatic heterocycles. The Morgan fingerprint density at radius 2 is 2.29 bits per heavy atom. The Balaban J connectivity index is 1.84. The Morgan fingerprint density at radius 3 is 3.08 bits per heavy atom. The van der Waals surface area contributed by atoms with Crippen LogP contribution in [0, 0.1) is 0 Å². The van der Waals surface area contributed by atoms with Gasteiger partial charge in [0.2, 0.25) is 0 Å². The van der Waals surface area contributed by atoms with E-state index >= 15 is 0 Å². The van der Waals surface area contributed by atoms with Gasteiger partial charge in [0, 0.05) is 11.9 Å². The molecule has 1 fully saturated rings. The van der Waals surface area contributed by atoms with E-state index in [1.54, 1.807) is 18.4 Å². The van der Waals surface area contributed by atoms with Gasteiger partial charge in [-0.2, -0.15) is 0 Å². The van der Waals surface area contributed by atoms with Crippen LogP contribution in [0.25, 0.3) is 0 Å². The molecule has 1 aromatic carbocycles. The zero-order chi connectivity index (χ0) is 16.9. The molecular formula is C19H24N2O2S. The Morgan fingerprint density at radius 1 is 1.42 bits per heavy atom. The highest BCUT2D eigenvalue weighted by atomic mass is 32.1. The molecule has 3 rings (SSSR count). The van der Waals surface area contributed by atoms with Gasteiger partial charge in [-0.05, 0) is 49.8 Å². The molecule has 0 radical (unpaired) electrons. The van der Waals surface area contributed by atoms with Crippen molar-refractivity contribution in [2.24, 2.45) is 0 Å². The number of carbonyl (C=O) groups is 1. The van der Waals surface area contributed by atoms with Crippen molar-refractivity contribution in [2.75, 3.05) is 13.7 Å². The van der Waals surface area contributed by atoms with Gasteiger partial charge in [-0.25, -0.2) is 4.98 Å². The second-order valence-electron chi connectivity index (χ2n) is 6.16. The third kappa shape index (κ3) is 3.61. The summed E-state index contributed by atoms with van der Waals surface area (Å²) in [5, 5.41) is 2.96. The van der Waals surface area contributed by atoms with Crippen LogP contribution in [-0.4, -0.2) is 29.4 Å². The van der Waals surface area contributed by atoms with Gasteiger partial charge in [0.1, 0.15) is 11.4 Å².